The van der Waals surface area contributed by atoms with Crippen LogP contribution in [-0.4, -0.2) is 42.2 Å². The third-order valence-corrected chi connectivity index (χ3v) is 3.39. The molecule has 3 nitrogen and oxygen atoms in total. The minimum absolute atomic E-state index is 0.152. The minimum Gasteiger partial charge on any atom is -0.339 e. The normalized spacial score (nSPS) is 17.8. The summed E-state index contributed by atoms with van der Waals surface area (Å²) in [4.78, 5) is 14.0. The largest absolute Gasteiger partial charge is 0.339 e. The van der Waals surface area contributed by atoms with Gasteiger partial charge in [-0.2, -0.15) is 12.6 Å². The van der Waals surface area contributed by atoms with E-state index in [0.717, 1.165) is 31.7 Å². The first-order chi connectivity index (χ1) is 8.27. The standard InChI is InChI=1S/C13H18N2OS/c16-13(15-8-6-14-7-9-15)12(17)10-11-4-2-1-3-5-11/h1-5,12,14,17H,6-10H2. The number of nitrogens with zero attached hydrogens (tertiary/aromatic N) is 1. The first-order valence-electron chi connectivity index (χ1n) is 5.99. The molecule has 0 radical (unpaired) electrons. The SMILES string of the molecule is O=C(C(S)Cc1ccccc1)N1CCNCC1. The number of rotatable bonds is 3. The van der Waals surface area contributed by atoms with Gasteiger partial charge in [-0.25, -0.2) is 0 Å². The number of benzene rings is 1. The molecule has 4 heteroatoms. The number of amides is 1. The van der Waals surface area contributed by atoms with Crippen molar-refractivity contribution in [1.82, 2.24) is 10.2 Å². The van der Waals surface area contributed by atoms with E-state index in [0.29, 0.717) is 6.42 Å². The lowest BCUT2D eigenvalue weighted by atomic mass is 10.1. The fourth-order valence-corrected chi connectivity index (χ4v) is 2.39. The summed E-state index contributed by atoms with van der Waals surface area (Å²) in [7, 11) is 0. The molecule has 1 heterocycles. The van der Waals surface area contributed by atoms with Crippen LogP contribution in [0.1, 0.15) is 5.56 Å². The summed E-state index contributed by atoms with van der Waals surface area (Å²) in [6.45, 7) is 3.37. The van der Waals surface area contributed by atoms with E-state index in [9.17, 15) is 4.79 Å². The molecule has 1 aromatic carbocycles. The van der Waals surface area contributed by atoms with Crippen molar-refractivity contribution in [3.05, 3.63) is 35.9 Å². The second kappa shape index (κ2) is 6.07. The summed E-state index contributed by atoms with van der Waals surface area (Å²) >= 11 is 4.43. The van der Waals surface area contributed by atoms with Gasteiger partial charge in [-0.15, -0.1) is 0 Å². The molecule has 1 aliphatic rings. The van der Waals surface area contributed by atoms with Gasteiger partial charge in [0.2, 0.25) is 5.91 Å². The molecule has 0 aromatic heterocycles. The molecule has 1 aliphatic heterocycles. The fourth-order valence-electron chi connectivity index (χ4n) is 2.02. The summed E-state index contributed by atoms with van der Waals surface area (Å²) in [6, 6.07) is 10.0. The monoisotopic (exact) mass is 250 g/mol. The molecule has 1 N–H and O–H groups in total. The second-order valence-electron chi connectivity index (χ2n) is 4.28. The summed E-state index contributed by atoms with van der Waals surface area (Å²) < 4.78 is 0. The van der Waals surface area contributed by atoms with Crippen LogP contribution in [0.2, 0.25) is 0 Å². The Morgan fingerprint density at radius 2 is 1.94 bits per heavy atom. The predicted molar refractivity (Wildman–Crippen MR) is 72.4 cm³/mol. The highest BCUT2D eigenvalue weighted by Crippen LogP contribution is 2.11. The van der Waals surface area contributed by atoms with E-state index in [-0.39, 0.29) is 11.2 Å². The second-order valence-corrected chi connectivity index (χ2v) is 4.90. The molecule has 17 heavy (non-hydrogen) atoms. The van der Waals surface area contributed by atoms with Crippen LogP contribution in [0.4, 0.5) is 0 Å². The van der Waals surface area contributed by atoms with Crippen molar-refractivity contribution in [2.24, 2.45) is 0 Å². The highest BCUT2D eigenvalue weighted by Gasteiger charge is 2.22. The van der Waals surface area contributed by atoms with Gasteiger partial charge in [-0.3, -0.25) is 4.79 Å². The average Bonchev–Trinajstić information content (AvgIpc) is 2.40. The quantitative estimate of drug-likeness (QED) is 0.783. The molecule has 0 saturated carbocycles. The molecule has 1 amide bonds. The molecular weight excluding hydrogens is 232 g/mol. The Hall–Kier alpha value is -1.00. The Kier molecular flexibility index (Phi) is 4.45. The van der Waals surface area contributed by atoms with E-state index in [1.165, 1.54) is 0 Å². The Morgan fingerprint density at radius 3 is 2.59 bits per heavy atom. The van der Waals surface area contributed by atoms with Crippen LogP contribution in [0.3, 0.4) is 0 Å². The summed E-state index contributed by atoms with van der Waals surface area (Å²) in [5, 5.41) is 3.01. The van der Waals surface area contributed by atoms with Crippen LogP contribution in [-0.2, 0) is 11.2 Å². The number of piperazine rings is 1. The van der Waals surface area contributed by atoms with Crippen molar-refractivity contribution >= 4 is 18.5 Å². The fraction of sp³-hybridized carbons (Fsp3) is 0.462. The molecule has 0 spiro atoms. The Morgan fingerprint density at radius 1 is 1.29 bits per heavy atom. The number of carbonyl (C=O) groups excluding carboxylic acids is 1. The highest BCUT2D eigenvalue weighted by atomic mass is 32.1. The van der Waals surface area contributed by atoms with Gasteiger partial charge in [-0.05, 0) is 12.0 Å². The van der Waals surface area contributed by atoms with E-state index in [1.54, 1.807) is 0 Å². The van der Waals surface area contributed by atoms with E-state index in [4.69, 9.17) is 0 Å². The molecule has 0 aliphatic carbocycles. The lowest BCUT2D eigenvalue weighted by Gasteiger charge is -2.29. The molecule has 1 unspecified atom stereocenters. The molecular formula is C13H18N2OS. The van der Waals surface area contributed by atoms with Crippen molar-refractivity contribution in [2.75, 3.05) is 26.2 Å². The van der Waals surface area contributed by atoms with Crippen molar-refractivity contribution < 1.29 is 4.79 Å². The maximum atomic E-state index is 12.1. The van der Waals surface area contributed by atoms with Gasteiger partial charge in [0.05, 0.1) is 5.25 Å². The Labute approximate surface area is 108 Å². The third-order valence-electron chi connectivity index (χ3n) is 2.99. The van der Waals surface area contributed by atoms with Gasteiger partial charge < -0.3 is 10.2 Å². The number of carbonyl (C=O) groups is 1. The zero-order valence-electron chi connectivity index (χ0n) is 9.80. The lowest BCUT2D eigenvalue weighted by molar-refractivity contribution is -0.131. The van der Waals surface area contributed by atoms with Gasteiger partial charge >= 0.3 is 0 Å². The average molecular weight is 250 g/mol. The van der Waals surface area contributed by atoms with Gasteiger partial charge in [0.15, 0.2) is 0 Å². The van der Waals surface area contributed by atoms with Gasteiger partial charge in [0.25, 0.3) is 0 Å². The third kappa shape index (κ3) is 3.48. The topological polar surface area (TPSA) is 32.3 Å². The molecule has 1 aromatic rings. The van der Waals surface area contributed by atoms with Crippen molar-refractivity contribution in [3.63, 3.8) is 0 Å². The molecule has 2 rings (SSSR count). The van der Waals surface area contributed by atoms with E-state index >= 15 is 0 Å². The summed E-state index contributed by atoms with van der Waals surface area (Å²) in [5.74, 6) is 0.152. The Balaban J connectivity index is 1.90. The van der Waals surface area contributed by atoms with Crippen LogP contribution in [0.5, 0.6) is 0 Å². The maximum absolute atomic E-state index is 12.1. The van der Waals surface area contributed by atoms with Crippen molar-refractivity contribution in [3.8, 4) is 0 Å². The Bertz CT molecular complexity index is 363. The van der Waals surface area contributed by atoms with Gasteiger partial charge in [0, 0.05) is 26.2 Å². The maximum Gasteiger partial charge on any atom is 0.235 e. The molecule has 0 bridgehead atoms. The zero-order chi connectivity index (χ0) is 12.1. The number of nitrogens with one attached hydrogen (secondary N) is 1. The number of thiol groups is 1. The van der Waals surface area contributed by atoms with Crippen LogP contribution in [0, 0.1) is 0 Å². The summed E-state index contributed by atoms with van der Waals surface area (Å²) in [6.07, 6.45) is 0.701. The van der Waals surface area contributed by atoms with E-state index in [1.807, 2.05) is 35.2 Å². The molecule has 1 saturated heterocycles. The first kappa shape index (κ1) is 12.5. The number of hydrogen-bond acceptors (Lipinski definition) is 3. The minimum atomic E-state index is -0.226. The highest BCUT2D eigenvalue weighted by molar-refractivity contribution is 7.81. The smallest absolute Gasteiger partial charge is 0.235 e. The van der Waals surface area contributed by atoms with E-state index < -0.39 is 0 Å². The van der Waals surface area contributed by atoms with Gasteiger partial charge in [-0.1, -0.05) is 30.3 Å². The molecule has 92 valence electrons. The van der Waals surface area contributed by atoms with Crippen LogP contribution >= 0.6 is 12.6 Å². The van der Waals surface area contributed by atoms with Crippen molar-refractivity contribution in [2.45, 2.75) is 11.7 Å². The lowest BCUT2D eigenvalue weighted by Crippen LogP contribution is -2.49. The molecule has 1 atom stereocenters. The van der Waals surface area contributed by atoms with Crippen molar-refractivity contribution in [1.29, 1.82) is 0 Å². The number of hydrogen-bond donors (Lipinski definition) is 2. The molecule has 1 fully saturated rings. The van der Waals surface area contributed by atoms with Gasteiger partial charge in [0.1, 0.15) is 0 Å². The zero-order valence-corrected chi connectivity index (χ0v) is 10.7. The van der Waals surface area contributed by atoms with Crippen LogP contribution in [0.25, 0.3) is 0 Å². The van der Waals surface area contributed by atoms with E-state index in [2.05, 4.69) is 17.9 Å². The van der Waals surface area contributed by atoms with Crippen LogP contribution in [0.15, 0.2) is 30.3 Å². The van der Waals surface area contributed by atoms with Crippen LogP contribution < -0.4 is 5.32 Å². The predicted octanol–water partition coefficient (Wildman–Crippen LogP) is 0.959. The first-order valence-corrected chi connectivity index (χ1v) is 6.50. The summed E-state index contributed by atoms with van der Waals surface area (Å²) in [5.41, 5.74) is 1.16.